The van der Waals surface area contributed by atoms with Gasteiger partial charge in [-0.1, -0.05) is 12.8 Å². The van der Waals surface area contributed by atoms with Gasteiger partial charge in [0.1, 0.15) is 0 Å². The third kappa shape index (κ3) is 3.39. The van der Waals surface area contributed by atoms with Crippen LogP contribution in [-0.2, 0) is 16.0 Å². The average molecular weight is 308 g/mol. The van der Waals surface area contributed by atoms with Crippen molar-refractivity contribution in [2.45, 2.75) is 57.4 Å². The standard InChI is InChI=1S/C16H24N2O2S/c1-20-15(19)9-8-13-11-21-16(17-13)18-10-4-6-12-5-2-3-7-14(12)18/h11-12,14H,2-10H2,1H3. The maximum atomic E-state index is 11.2. The van der Waals surface area contributed by atoms with Crippen LogP contribution < -0.4 is 4.90 Å². The largest absolute Gasteiger partial charge is 0.469 e. The molecule has 3 rings (SSSR count). The predicted octanol–water partition coefficient (Wildman–Crippen LogP) is 3.41. The van der Waals surface area contributed by atoms with Crippen molar-refractivity contribution in [3.8, 4) is 0 Å². The first-order chi connectivity index (χ1) is 10.3. The number of hydrogen-bond donors (Lipinski definition) is 0. The predicted molar refractivity (Wildman–Crippen MR) is 84.8 cm³/mol. The van der Waals surface area contributed by atoms with Gasteiger partial charge in [-0.2, -0.15) is 0 Å². The van der Waals surface area contributed by atoms with Crippen molar-refractivity contribution in [2.75, 3.05) is 18.6 Å². The molecular formula is C16H24N2O2S. The van der Waals surface area contributed by atoms with Gasteiger partial charge >= 0.3 is 5.97 Å². The van der Waals surface area contributed by atoms with Gasteiger partial charge in [0.15, 0.2) is 5.13 Å². The molecule has 21 heavy (non-hydrogen) atoms. The molecule has 2 aliphatic rings. The van der Waals surface area contributed by atoms with E-state index in [-0.39, 0.29) is 5.97 Å². The van der Waals surface area contributed by atoms with E-state index in [0.717, 1.165) is 23.3 Å². The number of methoxy groups -OCH3 is 1. The second-order valence-corrected chi connectivity index (χ2v) is 6.98. The van der Waals surface area contributed by atoms with Gasteiger partial charge in [-0.15, -0.1) is 11.3 Å². The first kappa shape index (κ1) is 14.8. The van der Waals surface area contributed by atoms with Crippen LogP contribution in [0.5, 0.6) is 0 Å². The Morgan fingerprint density at radius 1 is 1.38 bits per heavy atom. The Kier molecular flexibility index (Phi) is 4.78. The Bertz CT molecular complexity index is 486. The molecule has 1 aromatic heterocycles. The molecule has 0 amide bonds. The third-order valence-corrected chi connectivity index (χ3v) is 5.77. The van der Waals surface area contributed by atoms with E-state index in [0.29, 0.717) is 18.9 Å². The quantitative estimate of drug-likeness (QED) is 0.800. The Balaban J connectivity index is 1.65. The molecule has 1 aliphatic heterocycles. The van der Waals surface area contributed by atoms with Crippen LogP contribution in [0.15, 0.2) is 5.38 Å². The van der Waals surface area contributed by atoms with Crippen molar-refractivity contribution in [2.24, 2.45) is 5.92 Å². The van der Waals surface area contributed by atoms with E-state index in [1.165, 1.54) is 45.6 Å². The molecule has 4 nitrogen and oxygen atoms in total. The molecule has 0 aromatic carbocycles. The first-order valence-corrected chi connectivity index (χ1v) is 8.94. The zero-order valence-corrected chi connectivity index (χ0v) is 13.5. The highest BCUT2D eigenvalue weighted by Crippen LogP contribution is 2.38. The minimum Gasteiger partial charge on any atom is -0.469 e. The Hall–Kier alpha value is -1.10. The van der Waals surface area contributed by atoms with Crippen molar-refractivity contribution in [1.29, 1.82) is 0 Å². The topological polar surface area (TPSA) is 42.4 Å². The monoisotopic (exact) mass is 308 g/mol. The molecule has 0 spiro atoms. The van der Waals surface area contributed by atoms with Gasteiger partial charge in [0.2, 0.25) is 0 Å². The molecule has 5 heteroatoms. The van der Waals surface area contributed by atoms with E-state index in [2.05, 4.69) is 10.3 Å². The number of piperidine rings is 1. The van der Waals surface area contributed by atoms with Crippen LogP contribution in [0.3, 0.4) is 0 Å². The summed E-state index contributed by atoms with van der Waals surface area (Å²) in [5, 5.41) is 3.26. The van der Waals surface area contributed by atoms with Gasteiger partial charge in [0.05, 0.1) is 19.2 Å². The molecule has 0 N–H and O–H groups in total. The van der Waals surface area contributed by atoms with Gasteiger partial charge in [-0.25, -0.2) is 4.98 Å². The van der Waals surface area contributed by atoms with Crippen LogP contribution in [0.25, 0.3) is 0 Å². The fraction of sp³-hybridized carbons (Fsp3) is 0.750. The van der Waals surface area contributed by atoms with Crippen molar-refractivity contribution in [1.82, 2.24) is 4.98 Å². The highest BCUT2D eigenvalue weighted by Gasteiger charge is 2.34. The number of nitrogens with zero attached hydrogens (tertiary/aromatic N) is 2. The Morgan fingerprint density at radius 3 is 3.05 bits per heavy atom. The molecule has 2 fully saturated rings. The molecule has 2 unspecified atom stereocenters. The van der Waals surface area contributed by atoms with Gasteiger partial charge < -0.3 is 9.64 Å². The molecular weight excluding hydrogens is 284 g/mol. The second kappa shape index (κ2) is 6.77. The molecule has 1 aromatic rings. The number of aromatic nitrogens is 1. The molecule has 116 valence electrons. The van der Waals surface area contributed by atoms with E-state index in [1.807, 2.05) is 0 Å². The van der Waals surface area contributed by atoms with Gasteiger partial charge in [-0.3, -0.25) is 4.79 Å². The van der Waals surface area contributed by atoms with E-state index >= 15 is 0 Å². The summed E-state index contributed by atoms with van der Waals surface area (Å²) in [7, 11) is 1.44. The highest BCUT2D eigenvalue weighted by molar-refractivity contribution is 7.13. The zero-order valence-electron chi connectivity index (χ0n) is 12.7. The normalized spacial score (nSPS) is 25.5. The number of carbonyl (C=O) groups is 1. The summed E-state index contributed by atoms with van der Waals surface area (Å²) in [5.74, 6) is 0.713. The molecule has 2 atom stereocenters. The average Bonchev–Trinajstić information content (AvgIpc) is 3.00. The summed E-state index contributed by atoms with van der Waals surface area (Å²) >= 11 is 1.73. The van der Waals surface area contributed by atoms with Crippen molar-refractivity contribution in [3.05, 3.63) is 11.1 Å². The summed E-state index contributed by atoms with van der Waals surface area (Å²) < 4.78 is 4.69. The summed E-state index contributed by atoms with van der Waals surface area (Å²) in [5.41, 5.74) is 1.03. The van der Waals surface area contributed by atoms with E-state index in [4.69, 9.17) is 9.72 Å². The minimum atomic E-state index is -0.158. The number of thiazole rings is 1. The lowest BCUT2D eigenvalue weighted by Crippen LogP contribution is -2.46. The number of esters is 1. The van der Waals surface area contributed by atoms with E-state index in [9.17, 15) is 4.79 Å². The lowest BCUT2D eigenvalue weighted by atomic mass is 9.78. The van der Waals surface area contributed by atoms with Crippen LogP contribution >= 0.6 is 11.3 Å². The van der Waals surface area contributed by atoms with Crippen LogP contribution in [0, 0.1) is 5.92 Å². The lowest BCUT2D eigenvalue weighted by Gasteiger charge is -2.44. The zero-order chi connectivity index (χ0) is 14.7. The van der Waals surface area contributed by atoms with Gasteiger partial charge in [0, 0.05) is 24.4 Å². The molecule has 1 aliphatic carbocycles. The lowest BCUT2D eigenvalue weighted by molar-refractivity contribution is -0.140. The SMILES string of the molecule is COC(=O)CCc1csc(N2CCCC3CCCCC32)n1. The fourth-order valence-corrected chi connectivity index (χ4v) is 4.68. The summed E-state index contributed by atoms with van der Waals surface area (Å²) in [6.45, 7) is 1.14. The van der Waals surface area contributed by atoms with Crippen LogP contribution in [0.1, 0.15) is 50.6 Å². The van der Waals surface area contributed by atoms with Crippen molar-refractivity contribution >= 4 is 22.4 Å². The van der Waals surface area contributed by atoms with Crippen LogP contribution in [0.2, 0.25) is 0 Å². The maximum Gasteiger partial charge on any atom is 0.305 e. The third-order valence-electron chi connectivity index (χ3n) is 4.84. The number of aryl methyl sites for hydroxylation is 1. The Morgan fingerprint density at radius 2 is 2.19 bits per heavy atom. The summed E-state index contributed by atoms with van der Waals surface area (Å²) in [6.07, 6.45) is 9.26. The van der Waals surface area contributed by atoms with E-state index in [1.54, 1.807) is 11.3 Å². The number of anilines is 1. The highest BCUT2D eigenvalue weighted by atomic mass is 32.1. The molecule has 0 bridgehead atoms. The van der Waals surface area contributed by atoms with Gasteiger partial charge in [-0.05, 0) is 31.6 Å². The smallest absolute Gasteiger partial charge is 0.305 e. The maximum absolute atomic E-state index is 11.2. The van der Waals surface area contributed by atoms with Crippen molar-refractivity contribution in [3.63, 3.8) is 0 Å². The molecule has 1 saturated heterocycles. The number of rotatable bonds is 4. The van der Waals surface area contributed by atoms with Crippen LogP contribution in [0.4, 0.5) is 5.13 Å². The summed E-state index contributed by atoms with van der Waals surface area (Å²) in [4.78, 5) is 18.5. The fourth-order valence-electron chi connectivity index (χ4n) is 3.74. The van der Waals surface area contributed by atoms with Gasteiger partial charge in [0.25, 0.3) is 0 Å². The number of carbonyl (C=O) groups excluding carboxylic acids is 1. The molecule has 1 saturated carbocycles. The van der Waals surface area contributed by atoms with Crippen molar-refractivity contribution < 1.29 is 9.53 Å². The Labute approximate surface area is 130 Å². The molecule has 2 heterocycles. The van der Waals surface area contributed by atoms with E-state index < -0.39 is 0 Å². The molecule has 0 radical (unpaired) electrons. The number of hydrogen-bond acceptors (Lipinski definition) is 5. The second-order valence-electron chi connectivity index (χ2n) is 6.15. The van der Waals surface area contributed by atoms with Crippen LogP contribution in [-0.4, -0.2) is 30.6 Å². The number of ether oxygens (including phenoxy) is 1. The summed E-state index contributed by atoms with van der Waals surface area (Å²) in [6, 6.07) is 0.701. The number of fused-ring (bicyclic) bond motifs is 1. The first-order valence-electron chi connectivity index (χ1n) is 8.06. The minimum absolute atomic E-state index is 0.158.